The van der Waals surface area contributed by atoms with Crippen LogP contribution in [0.4, 0.5) is 5.69 Å². The van der Waals surface area contributed by atoms with Crippen LogP contribution < -0.4 is 13.8 Å². The van der Waals surface area contributed by atoms with Crippen molar-refractivity contribution in [1.29, 1.82) is 0 Å². The van der Waals surface area contributed by atoms with E-state index in [1.54, 1.807) is 25.1 Å². The van der Waals surface area contributed by atoms with Gasteiger partial charge >= 0.3 is 10.2 Å². The van der Waals surface area contributed by atoms with Gasteiger partial charge in [0.25, 0.3) is 0 Å². The molecule has 19 heavy (non-hydrogen) atoms. The lowest BCUT2D eigenvalue weighted by molar-refractivity contribution is -0.119. The highest BCUT2D eigenvalue weighted by atomic mass is 32.2. The van der Waals surface area contributed by atoms with Crippen LogP contribution in [-0.2, 0) is 15.0 Å². The predicted octanol–water partition coefficient (Wildman–Crippen LogP) is 1.21. The van der Waals surface area contributed by atoms with Gasteiger partial charge in [-0.1, -0.05) is 13.0 Å². The number of nitrogens with zero attached hydrogens (tertiary/aromatic N) is 1. The standard InChI is InChI=1S/C12H18N2O4S/c1-5-12(15)13-19(16,17)14(3)10-7-6-9(2)8-11(10)18-4/h6-8H,5H2,1-4H3,(H,13,15). The van der Waals surface area contributed by atoms with Crippen LogP contribution in [0.15, 0.2) is 18.2 Å². The molecule has 7 heteroatoms. The fourth-order valence-electron chi connectivity index (χ4n) is 1.46. The molecule has 1 aromatic carbocycles. The first-order valence-corrected chi connectivity index (χ1v) is 7.20. The summed E-state index contributed by atoms with van der Waals surface area (Å²) in [4.78, 5) is 11.2. The quantitative estimate of drug-likeness (QED) is 0.882. The Morgan fingerprint density at radius 2 is 2.05 bits per heavy atom. The van der Waals surface area contributed by atoms with Crippen molar-refractivity contribution in [1.82, 2.24) is 4.72 Å². The molecule has 6 nitrogen and oxygen atoms in total. The largest absolute Gasteiger partial charge is 0.495 e. The first kappa shape index (κ1) is 15.3. The number of ether oxygens (including phenoxy) is 1. The zero-order valence-electron chi connectivity index (χ0n) is 11.4. The third-order valence-electron chi connectivity index (χ3n) is 2.60. The van der Waals surface area contributed by atoms with Crippen molar-refractivity contribution >= 4 is 21.8 Å². The first-order chi connectivity index (χ1) is 8.81. The monoisotopic (exact) mass is 286 g/mol. The summed E-state index contributed by atoms with van der Waals surface area (Å²) in [5, 5.41) is 0. The van der Waals surface area contributed by atoms with E-state index in [0.717, 1.165) is 9.87 Å². The van der Waals surface area contributed by atoms with Gasteiger partial charge in [-0.05, 0) is 24.6 Å². The molecule has 0 fully saturated rings. The zero-order chi connectivity index (χ0) is 14.6. The Morgan fingerprint density at radius 3 is 2.58 bits per heavy atom. The number of carbonyl (C=O) groups is 1. The summed E-state index contributed by atoms with van der Waals surface area (Å²) in [5.74, 6) is -0.130. The second-order valence-electron chi connectivity index (χ2n) is 4.03. The summed E-state index contributed by atoms with van der Waals surface area (Å²) in [6.45, 7) is 3.46. The molecular formula is C12H18N2O4S. The van der Waals surface area contributed by atoms with Crippen LogP contribution in [-0.4, -0.2) is 28.5 Å². The maximum absolute atomic E-state index is 12.0. The van der Waals surface area contributed by atoms with Gasteiger partial charge in [-0.15, -0.1) is 0 Å². The van der Waals surface area contributed by atoms with Gasteiger partial charge in [0.1, 0.15) is 5.75 Å². The van der Waals surface area contributed by atoms with Gasteiger partial charge in [0.15, 0.2) is 0 Å². The fourth-order valence-corrected chi connectivity index (χ4v) is 2.44. The summed E-state index contributed by atoms with van der Waals surface area (Å²) in [5.41, 5.74) is 1.31. The van der Waals surface area contributed by atoms with E-state index in [1.165, 1.54) is 14.2 Å². The van der Waals surface area contributed by atoms with Crippen LogP contribution in [0.2, 0.25) is 0 Å². The van der Waals surface area contributed by atoms with E-state index in [9.17, 15) is 13.2 Å². The van der Waals surface area contributed by atoms with E-state index in [0.29, 0.717) is 11.4 Å². The minimum Gasteiger partial charge on any atom is -0.495 e. The van der Waals surface area contributed by atoms with Crippen LogP contribution in [0.5, 0.6) is 5.75 Å². The molecule has 0 aliphatic heterocycles. The summed E-state index contributed by atoms with van der Waals surface area (Å²) in [7, 11) is -1.10. The van der Waals surface area contributed by atoms with Crippen LogP contribution in [0, 0.1) is 6.92 Å². The number of hydrogen-bond acceptors (Lipinski definition) is 4. The number of methoxy groups -OCH3 is 1. The molecule has 1 amide bonds. The second-order valence-corrected chi connectivity index (χ2v) is 5.73. The maximum atomic E-state index is 12.0. The Morgan fingerprint density at radius 1 is 1.42 bits per heavy atom. The molecule has 1 aromatic rings. The number of anilines is 1. The fraction of sp³-hybridized carbons (Fsp3) is 0.417. The molecule has 0 aliphatic rings. The van der Waals surface area contributed by atoms with E-state index in [1.807, 2.05) is 11.6 Å². The molecule has 0 saturated carbocycles. The Balaban J connectivity index is 3.12. The van der Waals surface area contributed by atoms with E-state index in [4.69, 9.17) is 4.74 Å². The van der Waals surface area contributed by atoms with Gasteiger partial charge in [-0.25, -0.2) is 4.72 Å². The molecule has 1 rings (SSSR count). The maximum Gasteiger partial charge on any atom is 0.326 e. The third kappa shape index (κ3) is 3.60. The zero-order valence-corrected chi connectivity index (χ0v) is 12.2. The van der Waals surface area contributed by atoms with Gasteiger partial charge in [-0.3, -0.25) is 9.10 Å². The van der Waals surface area contributed by atoms with Crippen molar-refractivity contribution in [3.63, 3.8) is 0 Å². The topological polar surface area (TPSA) is 75.7 Å². The number of nitrogens with one attached hydrogen (secondary N) is 1. The SMILES string of the molecule is CCC(=O)NS(=O)(=O)N(C)c1ccc(C)cc1OC. The van der Waals surface area contributed by atoms with Crippen molar-refractivity contribution in [2.24, 2.45) is 0 Å². The minimum atomic E-state index is -3.92. The van der Waals surface area contributed by atoms with Crippen LogP contribution in [0.25, 0.3) is 0 Å². The highest BCUT2D eigenvalue weighted by Gasteiger charge is 2.22. The predicted molar refractivity (Wildman–Crippen MR) is 73.5 cm³/mol. The van der Waals surface area contributed by atoms with Crippen molar-refractivity contribution in [2.45, 2.75) is 20.3 Å². The molecule has 1 N–H and O–H groups in total. The first-order valence-electron chi connectivity index (χ1n) is 5.76. The van der Waals surface area contributed by atoms with Crippen LogP contribution in [0.3, 0.4) is 0 Å². The summed E-state index contributed by atoms with van der Waals surface area (Å²) < 4.78 is 32.1. The third-order valence-corrected chi connectivity index (χ3v) is 4.00. The van der Waals surface area contributed by atoms with Crippen molar-refractivity contribution in [3.05, 3.63) is 23.8 Å². The van der Waals surface area contributed by atoms with Crippen molar-refractivity contribution in [3.8, 4) is 5.75 Å². The summed E-state index contributed by atoms with van der Waals surface area (Å²) in [6, 6.07) is 5.12. The van der Waals surface area contributed by atoms with Crippen LogP contribution >= 0.6 is 0 Å². The minimum absolute atomic E-state index is 0.0953. The van der Waals surface area contributed by atoms with E-state index < -0.39 is 16.1 Å². The number of aryl methyl sites for hydroxylation is 1. The Kier molecular flexibility index (Phi) is 4.77. The lowest BCUT2D eigenvalue weighted by Crippen LogP contribution is -2.41. The van der Waals surface area contributed by atoms with E-state index in [-0.39, 0.29) is 6.42 Å². The highest BCUT2D eigenvalue weighted by Crippen LogP contribution is 2.29. The summed E-state index contributed by atoms with van der Waals surface area (Å²) in [6.07, 6.45) is 0.0953. The lowest BCUT2D eigenvalue weighted by atomic mass is 10.2. The molecule has 0 aliphatic carbocycles. The Labute approximate surface area is 113 Å². The molecule has 0 saturated heterocycles. The number of carbonyl (C=O) groups excluding carboxylic acids is 1. The lowest BCUT2D eigenvalue weighted by Gasteiger charge is -2.21. The number of benzene rings is 1. The van der Waals surface area contributed by atoms with Gasteiger partial charge in [0.05, 0.1) is 12.8 Å². The van der Waals surface area contributed by atoms with Gasteiger partial charge < -0.3 is 4.74 Å². The van der Waals surface area contributed by atoms with Crippen LogP contribution in [0.1, 0.15) is 18.9 Å². The van der Waals surface area contributed by atoms with Gasteiger partial charge in [-0.2, -0.15) is 8.42 Å². The molecule has 0 heterocycles. The molecule has 0 aromatic heterocycles. The average molecular weight is 286 g/mol. The summed E-state index contributed by atoms with van der Waals surface area (Å²) >= 11 is 0. The number of rotatable bonds is 5. The van der Waals surface area contributed by atoms with E-state index >= 15 is 0 Å². The van der Waals surface area contributed by atoms with Crippen molar-refractivity contribution < 1.29 is 17.9 Å². The molecule has 0 radical (unpaired) electrons. The molecule has 0 spiro atoms. The average Bonchev–Trinajstić information content (AvgIpc) is 2.37. The smallest absolute Gasteiger partial charge is 0.326 e. The van der Waals surface area contributed by atoms with E-state index in [2.05, 4.69) is 0 Å². The molecule has 0 atom stereocenters. The molecule has 0 unspecified atom stereocenters. The molecule has 0 bridgehead atoms. The van der Waals surface area contributed by atoms with Gasteiger partial charge in [0.2, 0.25) is 5.91 Å². The number of amides is 1. The molecular weight excluding hydrogens is 268 g/mol. The van der Waals surface area contributed by atoms with Gasteiger partial charge in [0, 0.05) is 13.5 Å². The Bertz CT molecular complexity index is 569. The normalized spacial score (nSPS) is 10.9. The highest BCUT2D eigenvalue weighted by molar-refractivity contribution is 7.91. The Hall–Kier alpha value is -1.76. The second kappa shape index (κ2) is 5.92. The number of hydrogen-bond donors (Lipinski definition) is 1. The molecule has 106 valence electrons. The van der Waals surface area contributed by atoms with Crippen molar-refractivity contribution in [2.75, 3.05) is 18.5 Å².